The second kappa shape index (κ2) is 8.06. The van der Waals surface area contributed by atoms with Crippen LogP contribution in [0.15, 0.2) is 42.5 Å². The van der Waals surface area contributed by atoms with E-state index in [2.05, 4.69) is 4.72 Å². The van der Waals surface area contributed by atoms with Crippen molar-refractivity contribution in [2.24, 2.45) is 0 Å². The van der Waals surface area contributed by atoms with Gasteiger partial charge in [0.05, 0.1) is 31.1 Å². The lowest BCUT2D eigenvalue weighted by atomic mass is 10.0. The number of carbonyl (C=O) groups excluding carboxylic acids is 1. The molecule has 0 spiro atoms. The third-order valence-corrected chi connectivity index (χ3v) is 5.39. The lowest BCUT2D eigenvalue weighted by Crippen LogP contribution is -2.48. The van der Waals surface area contributed by atoms with Crippen molar-refractivity contribution in [2.45, 2.75) is 19.1 Å². The zero-order valence-electron chi connectivity index (χ0n) is 15.4. The maximum Gasteiger partial charge on any atom is 0.254 e. The van der Waals surface area contributed by atoms with Gasteiger partial charge in [-0.15, -0.1) is 0 Å². The maximum atomic E-state index is 13.9. The molecular weight excluding hydrogens is 407 g/mol. The van der Waals surface area contributed by atoms with Gasteiger partial charge in [-0.1, -0.05) is 29.8 Å². The number of anilines is 1. The summed E-state index contributed by atoms with van der Waals surface area (Å²) in [5.74, 6) is -1.10. The number of hydrogen-bond acceptors (Lipinski definition) is 4. The van der Waals surface area contributed by atoms with Crippen LogP contribution in [0.3, 0.4) is 0 Å². The quantitative estimate of drug-likeness (QED) is 0.812. The minimum absolute atomic E-state index is 0.180. The van der Waals surface area contributed by atoms with Gasteiger partial charge in [-0.25, -0.2) is 12.8 Å². The average molecular weight is 427 g/mol. The molecule has 0 saturated carbocycles. The van der Waals surface area contributed by atoms with Crippen molar-refractivity contribution < 1.29 is 22.3 Å². The number of nitrogens with zero attached hydrogens (tertiary/aromatic N) is 1. The van der Waals surface area contributed by atoms with Crippen LogP contribution in [0.2, 0.25) is 5.02 Å². The molecule has 1 saturated heterocycles. The number of morpholine rings is 1. The first-order chi connectivity index (χ1) is 13.2. The van der Waals surface area contributed by atoms with Crippen molar-refractivity contribution in [1.29, 1.82) is 0 Å². The fourth-order valence-electron chi connectivity index (χ4n) is 3.07. The van der Waals surface area contributed by atoms with Gasteiger partial charge in [-0.3, -0.25) is 9.52 Å². The monoisotopic (exact) mass is 426 g/mol. The number of sulfonamides is 1. The van der Waals surface area contributed by atoms with Crippen molar-refractivity contribution in [1.82, 2.24) is 4.90 Å². The SMILES string of the molecule is CC1COC(c2ccccc2Cl)CN1C(=O)c1ccc(F)c(NS(C)(=O)=O)c1. The van der Waals surface area contributed by atoms with Crippen molar-refractivity contribution in [3.63, 3.8) is 0 Å². The summed E-state index contributed by atoms with van der Waals surface area (Å²) in [6.45, 7) is 2.44. The lowest BCUT2D eigenvalue weighted by molar-refractivity contribution is -0.0486. The Morgan fingerprint density at radius 3 is 2.68 bits per heavy atom. The van der Waals surface area contributed by atoms with Crippen molar-refractivity contribution >= 4 is 33.2 Å². The molecule has 0 aromatic heterocycles. The molecule has 0 radical (unpaired) electrons. The van der Waals surface area contributed by atoms with E-state index in [1.165, 1.54) is 12.1 Å². The molecule has 1 amide bonds. The van der Waals surface area contributed by atoms with Gasteiger partial charge in [-0.2, -0.15) is 0 Å². The van der Waals surface area contributed by atoms with Crippen LogP contribution in [0.4, 0.5) is 10.1 Å². The molecule has 2 aromatic carbocycles. The first-order valence-electron chi connectivity index (χ1n) is 8.60. The van der Waals surface area contributed by atoms with E-state index >= 15 is 0 Å². The molecule has 2 aromatic rings. The van der Waals surface area contributed by atoms with E-state index < -0.39 is 15.8 Å². The molecule has 0 bridgehead atoms. The van der Waals surface area contributed by atoms with Gasteiger partial charge in [0, 0.05) is 16.1 Å². The second-order valence-electron chi connectivity index (χ2n) is 6.72. The van der Waals surface area contributed by atoms with E-state index in [1.807, 2.05) is 25.1 Å². The standard InChI is InChI=1S/C19H20ClFN2O4S/c1-12-11-27-18(14-5-3-4-6-15(14)20)10-23(12)19(24)13-7-8-16(21)17(9-13)22-28(2,25)26/h3-9,12,18,22H,10-11H2,1-2H3. The Bertz CT molecular complexity index is 999. The molecule has 2 atom stereocenters. The van der Waals surface area contributed by atoms with Gasteiger partial charge in [0.15, 0.2) is 0 Å². The Hall–Kier alpha value is -2.16. The molecule has 3 rings (SSSR count). The number of ether oxygens (including phenoxy) is 1. The predicted molar refractivity (Wildman–Crippen MR) is 106 cm³/mol. The van der Waals surface area contributed by atoms with Gasteiger partial charge in [0.25, 0.3) is 5.91 Å². The third kappa shape index (κ3) is 4.63. The Labute approximate surface area is 168 Å². The normalized spacial score (nSPS) is 20.1. The van der Waals surface area contributed by atoms with Crippen LogP contribution in [0.25, 0.3) is 0 Å². The van der Waals surface area contributed by atoms with Gasteiger partial charge in [0.2, 0.25) is 10.0 Å². The largest absolute Gasteiger partial charge is 0.369 e. The highest BCUT2D eigenvalue weighted by Gasteiger charge is 2.32. The number of hydrogen-bond donors (Lipinski definition) is 1. The van der Waals surface area contributed by atoms with Crippen LogP contribution in [-0.4, -0.2) is 44.7 Å². The maximum absolute atomic E-state index is 13.9. The minimum Gasteiger partial charge on any atom is -0.369 e. The fraction of sp³-hybridized carbons (Fsp3) is 0.316. The summed E-state index contributed by atoms with van der Waals surface area (Å²) in [5.41, 5.74) is 0.698. The second-order valence-corrected chi connectivity index (χ2v) is 8.87. The van der Waals surface area contributed by atoms with Crippen molar-refractivity contribution in [3.8, 4) is 0 Å². The molecule has 150 valence electrons. The molecule has 1 fully saturated rings. The van der Waals surface area contributed by atoms with Crippen molar-refractivity contribution in [2.75, 3.05) is 24.1 Å². The van der Waals surface area contributed by atoms with Gasteiger partial charge in [-0.05, 0) is 31.2 Å². The lowest BCUT2D eigenvalue weighted by Gasteiger charge is -2.38. The summed E-state index contributed by atoms with van der Waals surface area (Å²) in [4.78, 5) is 14.7. The van der Waals surface area contributed by atoms with E-state index in [0.717, 1.165) is 17.9 Å². The number of rotatable bonds is 4. The summed E-state index contributed by atoms with van der Waals surface area (Å²) in [6.07, 6.45) is 0.530. The minimum atomic E-state index is -3.68. The molecular formula is C19H20ClFN2O4S. The Morgan fingerprint density at radius 1 is 1.29 bits per heavy atom. The Balaban J connectivity index is 1.86. The molecule has 28 heavy (non-hydrogen) atoms. The van der Waals surface area contributed by atoms with Crippen LogP contribution < -0.4 is 4.72 Å². The highest BCUT2D eigenvalue weighted by atomic mass is 35.5. The third-order valence-electron chi connectivity index (χ3n) is 4.45. The molecule has 1 aliphatic rings. The number of nitrogens with one attached hydrogen (secondary N) is 1. The summed E-state index contributed by atoms with van der Waals surface area (Å²) in [5, 5.41) is 0.552. The molecule has 1 N–H and O–H groups in total. The molecule has 0 aliphatic carbocycles. The van der Waals surface area contributed by atoms with E-state index in [0.29, 0.717) is 11.6 Å². The number of halogens is 2. The fourth-order valence-corrected chi connectivity index (χ4v) is 3.88. The molecule has 2 unspecified atom stereocenters. The number of benzene rings is 2. The van der Waals surface area contributed by atoms with E-state index in [9.17, 15) is 17.6 Å². The number of carbonyl (C=O) groups is 1. The molecule has 6 nitrogen and oxygen atoms in total. The van der Waals surface area contributed by atoms with Gasteiger partial charge in [0.1, 0.15) is 11.9 Å². The van der Waals surface area contributed by atoms with Gasteiger partial charge < -0.3 is 9.64 Å². The van der Waals surface area contributed by atoms with Crippen LogP contribution in [0, 0.1) is 5.82 Å². The Morgan fingerprint density at radius 2 is 2.00 bits per heavy atom. The first kappa shape index (κ1) is 20.6. The molecule has 1 aliphatic heterocycles. The molecule has 9 heteroatoms. The topological polar surface area (TPSA) is 75.7 Å². The predicted octanol–water partition coefficient (Wildman–Crippen LogP) is 3.45. The summed E-state index contributed by atoms with van der Waals surface area (Å²) < 4.78 is 44.7. The van der Waals surface area contributed by atoms with Crippen LogP contribution >= 0.6 is 11.6 Å². The summed E-state index contributed by atoms with van der Waals surface area (Å²) in [7, 11) is -3.68. The average Bonchev–Trinajstić information content (AvgIpc) is 2.63. The Kier molecular flexibility index (Phi) is 5.92. The smallest absolute Gasteiger partial charge is 0.254 e. The molecule has 1 heterocycles. The first-order valence-corrected chi connectivity index (χ1v) is 10.9. The van der Waals surface area contributed by atoms with Crippen molar-refractivity contribution in [3.05, 3.63) is 64.4 Å². The van der Waals surface area contributed by atoms with E-state index in [-0.39, 0.29) is 35.8 Å². The zero-order valence-corrected chi connectivity index (χ0v) is 16.9. The highest BCUT2D eigenvalue weighted by Crippen LogP contribution is 2.31. The summed E-state index contributed by atoms with van der Waals surface area (Å²) in [6, 6.07) is 10.7. The van der Waals surface area contributed by atoms with Crippen LogP contribution in [-0.2, 0) is 14.8 Å². The van der Waals surface area contributed by atoms with Crippen LogP contribution in [0.5, 0.6) is 0 Å². The number of amides is 1. The van der Waals surface area contributed by atoms with E-state index in [4.69, 9.17) is 16.3 Å². The van der Waals surface area contributed by atoms with Gasteiger partial charge >= 0.3 is 0 Å². The van der Waals surface area contributed by atoms with Crippen LogP contribution in [0.1, 0.15) is 28.9 Å². The summed E-state index contributed by atoms with van der Waals surface area (Å²) >= 11 is 6.25. The zero-order chi connectivity index (χ0) is 20.5. The van der Waals surface area contributed by atoms with E-state index in [1.54, 1.807) is 11.0 Å². The highest BCUT2D eigenvalue weighted by molar-refractivity contribution is 7.92.